The highest BCUT2D eigenvalue weighted by atomic mass is 16.5. The van der Waals surface area contributed by atoms with Crippen LogP contribution >= 0.6 is 0 Å². The van der Waals surface area contributed by atoms with Crippen LogP contribution in [0.4, 0.5) is 17.2 Å². The number of carbonyl (C=O) groups is 2. The number of aryl methyl sites for hydroxylation is 1. The van der Waals surface area contributed by atoms with E-state index < -0.39 is 0 Å². The maximum Gasteiger partial charge on any atom is 0.256 e. The first-order valence-corrected chi connectivity index (χ1v) is 14.4. The number of nitrogens with one attached hydrogen (secondary N) is 2. The van der Waals surface area contributed by atoms with Crippen molar-refractivity contribution in [3.63, 3.8) is 0 Å². The number of likely N-dealkylation sites (tertiary alicyclic amines) is 1. The molecular weight excluding hydrogens is 544 g/mol. The molecule has 2 aromatic carbocycles. The molecule has 10 nitrogen and oxygen atoms in total. The molecule has 3 heterocycles. The molecule has 1 aliphatic rings. The zero-order valence-electron chi connectivity index (χ0n) is 25.6. The van der Waals surface area contributed by atoms with Crippen LogP contribution in [0.5, 0.6) is 0 Å². The number of aliphatic hydroxyl groups is 1. The van der Waals surface area contributed by atoms with Crippen molar-refractivity contribution in [1.82, 2.24) is 19.8 Å². The first kappa shape index (κ1) is 33.4. The van der Waals surface area contributed by atoms with Crippen molar-refractivity contribution in [3.05, 3.63) is 84.2 Å². The second kappa shape index (κ2) is 17.1. The third kappa shape index (κ3) is 9.45. The molecule has 1 aliphatic heterocycles. The average molecular weight is 589 g/mol. The number of methoxy groups -OCH3 is 1. The molecule has 1 saturated heterocycles. The number of carbonyl (C=O) groups excluding carboxylic acids is 2. The van der Waals surface area contributed by atoms with Gasteiger partial charge in [0.25, 0.3) is 5.91 Å². The summed E-state index contributed by atoms with van der Waals surface area (Å²) < 4.78 is 7.48. The summed E-state index contributed by atoms with van der Waals surface area (Å²) >= 11 is 0. The van der Waals surface area contributed by atoms with E-state index in [9.17, 15) is 9.90 Å². The number of ether oxygens (including phenoxy) is 1. The molecule has 0 unspecified atom stereocenters. The van der Waals surface area contributed by atoms with Crippen LogP contribution in [0.25, 0.3) is 10.9 Å². The molecule has 0 radical (unpaired) electrons. The van der Waals surface area contributed by atoms with Crippen molar-refractivity contribution in [2.24, 2.45) is 7.05 Å². The van der Waals surface area contributed by atoms with Crippen molar-refractivity contribution in [2.45, 2.75) is 25.5 Å². The summed E-state index contributed by atoms with van der Waals surface area (Å²) in [6.07, 6.45) is 5.22. The third-order valence-corrected chi connectivity index (χ3v) is 7.18. The van der Waals surface area contributed by atoms with Crippen molar-refractivity contribution in [2.75, 3.05) is 57.7 Å². The summed E-state index contributed by atoms with van der Waals surface area (Å²) in [4.78, 5) is 29.9. The number of anilines is 3. The predicted molar refractivity (Wildman–Crippen MR) is 173 cm³/mol. The van der Waals surface area contributed by atoms with E-state index >= 15 is 0 Å². The van der Waals surface area contributed by atoms with Crippen molar-refractivity contribution < 1.29 is 19.4 Å². The summed E-state index contributed by atoms with van der Waals surface area (Å²) in [7, 11) is 7.48. The number of aliphatic hydroxyl groups excluding tert-OH is 1. The number of pyridine rings is 1. The predicted octanol–water partition coefficient (Wildman–Crippen LogP) is 4.22. The molecule has 0 bridgehead atoms. The van der Waals surface area contributed by atoms with Gasteiger partial charge in [0.05, 0.1) is 12.7 Å². The van der Waals surface area contributed by atoms with Crippen LogP contribution in [0.15, 0.2) is 73.1 Å². The van der Waals surface area contributed by atoms with E-state index in [2.05, 4.69) is 60.4 Å². The van der Waals surface area contributed by atoms with Gasteiger partial charge in [0.2, 0.25) is 0 Å². The molecule has 4 aromatic rings. The maximum atomic E-state index is 13.0. The van der Waals surface area contributed by atoms with Gasteiger partial charge in [-0.15, -0.1) is 0 Å². The van der Waals surface area contributed by atoms with Crippen LogP contribution in [0.2, 0.25) is 0 Å². The van der Waals surface area contributed by atoms with Gasteiger partial charge in [0.1, 0.15) is 12.6 Å². The van der Waals surface area contributed by atoms with Crippen LogP contribution < -0.4 is 15.5 Å². The zero-order chi connectivity index (χ0) is 31.2. The number of hydrogen-bond acceptors (Lipinski definition) is 8. The Morgan fingerprint density at radius 2 is 1.72 bits per heavy atom. The lowest BCUT2D eigenvalue weighted by atomic mass is 10.1. The van der Waals surface area contributed by atoms with E-state index in [0.29, 0.717) is 24.5 Å². The summed E-state index contributed by atoms with van der Waals surface area (Å²) in [6.45, 7) is 5.83. The van der Waals surface area contributed by atoms with Crippen LogP contribution in [0.3, 0.4) is 0 Å². The molecule has 1 amide bonds. The second-order valence-electron chi connectivity index (χ2n) is 10.4. The average Bonchev–Trinajstić information content (AvgIpc) is 3.40. The molecule has 0 saturated carbocycles. The Hall–Kier alpha value is -4.09. The van der Waals surface area contributed by atoms with Gasteiger partial charge in [-0.25, -0.2) is 4.98 Å². The summed E-state index contributed by atoms with van der Waals surface area (Å²) in [5.41, 5.74) is 4.87. The van der Waals surface area contributed by atoms with Crippen LogP contribution in [-0.4, -0.2) is 85.8 Å². The van der Waals surface area contributed by atoms with Gasteiger partial charge in [-0.2, -0.15) is 0 Å². The lowest BCUT2D eigenvalue weighted by Crippen LogP contribution is -2.35. The molecule has 1 fully saturated rings. The fraction of sp³-hybridized carbons (Fsp3) is 0.364. The normalized spacial score (nSPS) is 13.4. The summed E-state index contributed by atoms with van der Waals surface area (Å²) in [5.74, 6) is 0.295. The topological polar surface area (TPSA) is 112 Å². The lowest BCUT2D eigenvalue weighted by molar-refractivity contribution is -0.0980. The highest BCUT2D eigenvalue weighted by molar-refractivity contribution is 6.04. The minimum atomic E-state index is -0.198. The van der Waals surface area contributed by atoms with Gasteiger partial charge in [-0.3, -0.25) is 9.69 Å². The number of fused-ring (bicyclic) bond motifs is 1. The van der Waals surface area contributed by atoms with Crippen LogP contribution in [0, 0.1) is 0 Å². The fourth-order valence-electron chi connectivity index (χ4n) is 4.97. The molecular formula is C33H44N6O4. The van der Waals surface area contributed by atoms with Crippen molar-refractivity contribution >= 4 is 40.8 Å². The highest BCUT2D eigenvalue weighted by Gasteiger charge is 2.17. The van der Waals surface area contributed by atoms with Gasteiger partial charge in [-0.1, -0.05) is 12.1 Å². The molecule has 2 aromatic heterocycles. The zero-order valence-corrected chi connectivity index (χ0v) is 25.6. The Morgan fingerprint density at radius 1 is 1.05 bits per heavy atom. The number of nitrogens with zero attached hydrogens (tertiary/aromatic N) is 4. The molecule has 5 rings (SSSR count). The number of amides is 1. The third-order valence-electron chi connectivity index (χ3n) is 7.18. The SMILES string of the molecule is C=O.CNC.COCCN(c1ccnc(NC(=O)c2ccc(CN3CCC(O)CC3)cc2)c1)c1ccc2c(ccn2C)c1. The first-order valence-electron chi connectivity index (χ1n) is 14.4. The Balaban J connectivity index is 0.000000953. The minimum Gasteiger partial charge on any atom is -0.393 e. The van der Waals surface area contributed by atoms with E-state index in [1.54, 1.807) is 13.3 Å². The maximum absolute atomic E-state index is 13.0. The summed E-state index contributed by atoms with van der Waals surface area (Å²) in [5, 5.41) is 16.6. The number of aromatic nitrogens is 2. The molecule has 0 spiro atoms. The van der Waals surface area contributed by atoms with Crippen molar-refractivity contribution in [3.8, 4) is 0 Å². The minimum absolute atomic E-state index is 0.177. The van der Waals surface area contributed by atoms with E-state index in [4.69, 9.17) is 9.53 Å². The monoisotopic (exact) mass is 588 g/mol. The van der Waals surface area contributed by atoms with E-state index in [1.807, 2.05) is 64.3 Å². The number of hydrogen-bond donors (Lipinski definition) is 3. The first-order chi connectivity index (χ1) is 20.9. The Morgan fingerprint density at radius 3 is 2.40 bits per heavy atom. The van der Waals surface area contributed by atoms with Gasteiger partial charge in [0.15, 0.2) is 0 Å². The van der Waals surface area contributed by atoms with Gasteiger partial charge in [-0.05, 0) is 75.0 Å². The molecule has 0 atom stereocenters. The number of benzene rings is 2. The quantitative estimate of drug-likeness (QED) is 0.267. The lowest BCUT2D eigenvalue weighted by Gasteiger charge is -2.29. The number of piperidine rings is 1. The van der Waals surface area contributed by atoms with Gasteiger partial charge >= 0.3 is 0 Å². The Bertz CT molecular complexity index is 1420. The molecule has 230 valence electrons. The Labute approximate surface area is 254 Å². The fourth-order valence-corrected chi connectivity index (χ4v) is 4.97. The van der Waals surface area contributed by atoms with E-state index in [1.165, 1.54) is 5.52 Å². The van der Waals surface area contributed by atoms with Crippen LogP contribution in [-0.2, 0) is 23.1 Å². The van der Waals surface area contributed by atoms with Crippen molar-refractivity contribution in [1.29, 1.82) is 0 Å². The Kier molecular flexibility index (Phi) is 13.3. The smallest absolute Gasteiger partial charge is 0.256 e. The van der Waals surface area contributed by atoms with Crippen LogP contribution in [0.1, 0.15) is 28.8 Å². The second-order valence-corrected chi connectivity index (χ2v) is 10.4. The van der Waals surface area contributed by atoms with Gasteiger partial charge in [0, 0.05) is 86.6 Å². The summed E-state index contributed by atoms with van der Waals surface area (Å²) in [6, 6.07) is 20.0. The van der Waals surface area contributed by atoms with E-state index in [-0.39, 0.29) is 12.0 Å². The highest BCUT2D eigenvalue weighted by Crippen LogP contribution is 2.30. The molecule has 3 N–H and O–H groups in total. The molecule has 43 heavy (non-hydrogen) atoms. The largest absolute Gasteiger partial charge is 0.393 e. The molecule has 10 heteroatoms. The number of rotatable bonds is 9. The van der Waals surface area contributed by atoms with Gasteiger partial charge < -0.3 is 34.7 Å². The standard InChI is InChI=1S/C30H35N5O3.C2H7N.CH2O/c1-33-14-10-24-19-25(7-8-28(24)33)35(17-18-38-2)26-9-13-31-29(20-26)32-30(37)23-5-3-22(4-6-23)21-34-15-11-27(36)12-16-34;1-3-2;1-2/h3-10,13-14,19-20,27,36H,11-12,15-18,21H2,1-2H3,(H,31,32,37);3H,1-2H3;1H2. The van der Waals surface area contributed by atoms with E-state index in [0.717, 1.165) is 54.8 Å². The molecule has 0 aliphatic carbocycles.